The first-order chi connectivity index (χ1) is 11.6. The van der Waals surface area contributed by atoms with E-state index in [-0.39, 0.29) is 0 Å². The van der Waals surface area contributed by atoms with Crippen LogP contribution < -0.4 is 23.2 Å². The summed E-state index contributed by atoms with van der Waals surface area (Å²) in [7, 11) is -4.94. The lowest BCUT2D eigenvalue weighted by molar-refractivity contribution is -2.00. The third-order valence-electron chi connectivity index (χ3n) is 3.16. The largest absolute Gasteiger partial charge is 0.413 e. The highest BCUT2D eigenvalue weighted by Gasteiger charge is 2.18. The number of rotatable bonds is 2. The molecule has 0 fully saturated rings. The van der Waals surface area contributed by atoms with E-state index >= 15 is 0 Å². The predicted octanol–water partition coefficient (Wildman–Crippen LogP) is -0.995. The molecule has 1 N–H and O–H groups in total. The zero-order chi connectivity index (χ0) is 18.6. The number of hydrogen-bond donors (Lipinski definition) is 1. The Balaban J connectivity index is 0.000000399. The van der Waals surface area contributed by atoms with Gasteiger partial charge in [0.2, 0.25) is 3.95 Å². The number of aryl methyl sites for hydroxylation is 2. The van der Waals surface area contributed by atoms with Gasteiger partial charge in [0.15, 0.2) is 0 Å². The molecular weight excluding hydrogens is 386 g/mol. The number of halogens is 1. The Morgan fingerprint density at radius 1 is 1.00 bits per heavy atom. The summed E-state index contributed by atoms with van der Waals surface area (Å²) in [6, 6.07) is 14.7. The number of H-pyrrole nitrogens is 1. The summed E-state index contributed by atoms with van der Waals surface area (Å²) >= 11 is 6.59. The molecule has 0 radical (unpaired) electrons. The molecule has 10 heteroatoms. The molecule has 0 aliphatic carbocycles. The average molecular weight is 400 g/mol. The number of benzene rings is 1. The van der Waals surface area contributed by atoms with Crippen LogP contribution in [-0.4, -0.2) is 10.2 Å². The van der Waals surface area contributed by atoms with Crippen LogP contribution in [0.15, 0.2) is 42.5 Å². The van der Waals surface area contributed by atoms with Crippen LogP contribution in [0.4, 0.5) is 0 Å². The third-order valence-corrected chi connectivity index (χ3v) is 4.23. The monoisotopic (exact) mass is 399 g/mol. The molecule has 0 amide bonds. The molecule has 1 aromatic carbocycles. The first kappa shape index (κ1) is 19.6. The molecule has 0 unspecified atom stereocenters. The molecular formula is C15H14ClN3O4S2. The highest BCUT2D eigenvalue weighted by Crippen LogP contribution is 2.20. The molecule has 3 rings (SSSR count). The van der Waals surface area contributed by atoms with Gasteiger partial charge in [-0.15, -0.1) is 10.2 Å². The lowest BCUT2D eigenvalue weighted by Gasteiger charge is -2.17. The topological polar surface area (TPSA) is 125 Å². The Morgan fingerprint density at radius 2 is 1.52 bits per heavy atom. The van der Waals surface area contributed by atoms with E-state index in [0.29, 0.717) is 3.95 Å². The van der Waals surface area contributed by atoms with E-state index in [1.165, 1.54) is 22.5 Å². The Morgan fingerprint density at radius 3 is 1.96 bits per heavy atom. The van der Waals surface area contributed by atoms with Crippen molar-refractivity contribution in [2.45, 2.75) is 13.8 Å². The number of aromatic nitrogens is 3. The molecule has 25 heavy (non-hydrogen) atoms. The van der Waals surface area contributed by atoms with Gasteiger partial charge in [0.25, 0.3) is 0 Å². The van der Waals surface area contributed by atoms with E-state index in [1.807, 2.05) is 6.07 Å². The van der Waals surface area contributed by atoms with Crippen molar-refractivity contribution in [2.75, 3.05) is 0 Å². The van der Waals surface area contributed by atoms with Crippen molar-refractivity contribution in [1.29, 1.82) is 0 Å². The fourth-order valence-electron chi connectivity index (χ4n) is 2.32. The van der Waals surface area contributed by atoms with Crippen LogP contribution >= 0.6 is 23.6 Å². The minimum Gasteiger partial charge on any atom is -0.222 e. The van der Waals surface area contributed by atoms with E-state index in [4.69, 9.17) is 30.9 Å². The molecule has 0 spiro atoms. The number of nitrogens with one attached hydrogen (secondary N) is 1. The first-order valence-electron chi connectivity index (χ1n) is 6.91. The number of aromatic amines is 1. The van der Waals surface area contributed by atoms with Gasteiger partial charge in [-0.25, -0.2) is 18.6 Å². The number of hydrogen-bond acceptors (Lipinski definition) is 7. The van der Waals surface area contributed by atoms with Gasteiger partial charge in [0.1, 0.15) is 11.4 Å². The Bertz CT molecular complexity index is 878. The van der Waals surface area contributed by atoms with Crippen molar-refractivity contribution >= 4 is 23.6 Å². The highest BCUT2D eigenvalue weighted by atomic mass is 35.7. The molecule has 0 saturated carbocycles. The smallest absolute Gasteiger partial charge is 0.222 e. The Hall–Kier alpha value is -1.72. The van der Waals surface area contributed by atoms with Crippen molar-refractivity contribution in [3.8, 4) is 16.3 Å². The maximum Gasteiger partial charge on any atom is 0.413 e. The van der Waals surface area contributed by atoms with Crippen LogP contribution in [0.5, 0.6) is 0 Å². The molecule has 0 saturated heterocycles. The summed E-state index contributed by atoms with van der Waals surface area (Å²) in [4.78, 5) is 0. The van der Waals surface area contributed by atoms with Gasteiger partial charge < -0.3 is 0 Å². The molecule has 0 bridgehead atoms. The fourth-order valence-corrected chi connectivity index (χ4v) is 3.31. The summed E-state index contributed by atoms with van der Waals surface area (Å²) in [5, 5.41) is 7.97. The molecule has 0 aliphatic rings. The summed E-state index contributed by atoms with van der Waals surface area (Å²) in [5.41, 5.74) is 4.72. The second kappa shape index (κ2) is 8.11. The highest BCUT2D eigenvalue weighted by molar-refractivity contribution is 7.73. The first-order valence-corrected chi connectivity index (χ1v) is 9.37. The second-order valence-corrected chi connectivity index (χ2v) is 7.40. The van der Waals surface area contributed by atoms with E-state index < -0.39 is 10.2 Å². The van der Waals surface area contributed by atoms with Crippen LogP contribution in [0.3, 0.4) is 0 Å². The molecule has 7 nitrogen and oxygen atoms in total. The summed E-state index contributed by atoms with van der Waals surface area (Å²) < 4.78 is 36.8. The Kier molecular flexibility index (Phi) is 6.36. The Labute approximate surface area is 155 Å². The quantitative estimate of drug-likeness (QED) is 0.435. The molecule has 0 aliphatic heterocycles. The fraction of sp³-hybridized carbons (Fsp3) is 0.133. The number of nitrogens with zero attached hydrogens (tertiary/aromatic N) is 2. The second-order valence-electron chi connectivity index (χ2n) is 5.00. The maximum absolute atomic E-state index is 8.49. The van der Waals surface area contributed by atoms with Gasteiger partial charge in [0, 0.05) is 0 Å². The van der Waals surface area contributed by atoms with Gasteiger partial charge in [-0.05, 0) is 60.7 Å². The van der Waals surface area contributed by atoms with Crippen molar-refractivity contribution in [2.24, 2.45) is 0 Å². The predicted molar refractivity (Wildman–Crippen MR) is 83.7 cm³/mol. The van der Waals surface area contributed by atoms with Gasteiger partial charge in [-0.2, -0.15) is 9.67 Å². The van der Waals surface area contributed by atoms with E-state index in [2.05, 4.69) is 65.0 Å². The van der Waals surface area contributed by atoms with Gasteiger partial charge >= 0.3 is 5.13 Å². The van der Waals surface area contributed by atoms with Crippen LogP contribution in [-0.2, 0) is 0 Å². The molecule has 2 aromatic heterocycles. The molecule has 2 heterocycles. The van der Waals surface area contributed by atoms with Crippen LogP contribution in [0.1, 0.15) is 11.4 Å². The SMILES string of the molecule is Cc1cc(-c2ccccc2)cc(C)[n+]1-c1n[nH]c(=S)s1.[O-][Cl+3]([O-])([O-])[O-]. The minimum absolute atomic E-state index is 0.693. The minimum atomic E-state index is -4.94. The third kappa shape index (κ3) is 5.94. The molecule has 3 aromatic rings. The number of pyridine rings is 1. The van der Waals surface area contributed by atoms with Gasteiger partial charge in [0.05, 0.1) is 5.10 Å². The maximum atomic E-state index is 8.49. The van der Waals surface area contributed by atoms with E-state index in [9.17, 15) is 0 Å². The van der Waals surface area contributed by atoms with Crippen molar-refractivity contribution < 1.29 is 33.4 Å². The van der Waals surface area contributed by atoms with Crippen LogP contribution in [0.25, 0.3) is 16.3 Å². The summed E-state index contributed by atoms with van der Waals surface area (Å²) in [6.45, 7) is 4.17. The van der Waals surface area contributed by atoms with Gasteiger partial charge in [-0.1, -0.05) is 30.3 Å². The normalized spacial score (nSPS) is 11.0. The van der Waals surface area contributed by atoms with Crippen LogP contribution in [0, 0.1) is 28.0 Å². The van der Waals surface area contributed by atoms with Crippen LogP contribution in [0.2, 0.25) is 0 Å². The molecule has 0 atom stereocenters. The van der Waals surface area contributed by atoms with E-state index in [0.717, 1.165) is 16.5 Å². The lowest BCUT2D eigenvalue weighted by atomic mass is 10.0. The summed E-state index contributed by atoms with van der Waals surface area (Å²) in [6.07, 6.45) is 0. The van der Waals surface area contributed by atoms with Crippen molar-refractivity contribution in [3.05, 3.63) is 57.8 Å². The zero-order valence-electron chi connectivity index (χ0n) is 13.3. The standard InChI is InChI=1S/C15H13N3S2.ClHO4/c1-10-8-13(12-6-4-3-5-7-12)9-11(2)18(10)14-16-17-15(19)20-14;2-1(3,4)5/h3-9H,1-2H3;(H,2,3,4,5). The zero-order valence-corrected chi connectivity index (χ0v) is 15.7. The van der Waals surface area contributed by atoms with E-state index in [1.54, 1.807) is 0 Å². The van der Waals surface area contributed by atoms with Crippen molar-refractivity contribution in [3.63, 3.8) is 0 Å². The summed E-state index contributed by atoms with van der Waals surface area (Å²) in [5.74, 6) is 0. The average Bonchev–Trinajstić information content (AvgIpc) is 2.92. The lowest BCUT2D eigenvalue weighted by Crippen LogP contribution is -2.68. The van der Waals surface area contributed by atoms with Crippen molar-refractivity contribution in [1.82, 2.24) is 10.2 Å². The molecule has 132 valence electrons. The van der Waals surface area contributed by atoms with Gasteiger partial charge in [-0.3, -0.25) is 0 Å².